The van der Waals surface area contributed by atoms with Gasteiger partial charge in [-0.25, -0.2) is 8.42 Å². The van der Waals surface area contributed by atoms with Crippen LogP contribution in [0.2, 0.25) is 0 Å². The Labute approximate surface area is 115 Å². The summed E-state index contributed by atoms with van der Waals surface area (Å²) < 4.78 is 22.3. The molecule has 0 unspecified atom stereocenters. The van der Waals surface area contributed by atoms with Crippen LogP contribution in [0.4, 0.5) is 0 Å². The van der Waals surface area contributed by atoms with E-state index in [9.17, 15) is 18.6 Å². The molecule has 5 heteroatoms. The van der Waals surface area contributed by atoms with Crippen molar-refractivity contribution >= 4 is 9.84 Å². The van der Waals surface area contributed by atoms with Gasteiger partial charge in [0.15, 0.2) is 0 Å². The van der Waals surface area contributed by atoms with E-state index in [0.29, 0.717) is 12.8 Å². The Morgan fingerprint density at radius 1 is 1.11 bits per heavy atom. The molecule has 0 spiro atoms. The number of rotatable bonds is 7. The van der Waals surface area contributed by atoms with E-state index >= 15 is 0 Å². The molecule has 0 aliphatic rings. The standard InChI is InChI=1S/C14H22O4S/c1-12-4-6-13(7-5-12)14(10-15,11-16)8-3-9-19(2,17)18/h4-7,15-16H,3,8-11H2,1-2H3. The van der Waals surface area contributed by atoms with Crippen LogP contribution in [0.3, 0.4) is 0 Å². The first-order valence-corrected chi connectivity index (χ1v) is 8.36. The Hall–Kier alpha value is -0.910. The Bertz CT molecular complexity index is 487. The van der Waals surface area contributed by atoms with Crippen LogP contribution in [0.25, 0.3) is 0 Å². The third-order valence-electron chi connectivity index (χ3n) is 3.44. The Morgan fingerprint density at radius 2 is 1.63 bits per heavy atom. The lowest BCUT2D eigenvalue weighted by atomic mass is 9.78. The molecule has 0 bridgehead atoms. The summed E-state index contributed by atoms with van der Waals surface area (Å²) >= 11 is 0. The largest absolute Gasteiger partial charge is 0.395 e. The summed E-state index contributed by atoms with van der Waals surface area (Å²) in [6.45, 7) is 1.57. The maximum Gasteiger partial charge on any atom is 0.147 e. The lowest BCUT2D eigenvalue weighted by Gasteiger charge is -2.30. The molecule has 0 heterocycles. The second-order valence-electron chi connectivity index (χ2n) is 5.20. The summed E-state index contributed by atoms with van der Waals surface area (Å²) in [6, 6.07) is 7.60. The van der Waals surface area contributed by atoms with Crippen LogP contribution in [0.1, 0.15) is 24.0 Å². The zero-order valence-electron chi connectivity index (χ0n) is 11.5. The van der Waals surface area contributed by atoms with Gasteiger partial charge in [-0.05, 0) is 25.3 Å². The van der Waals surface area contributed by atoms with Crippen molar-refractivity contribution in [2.24, 2.45) is 0 Å². The van der Waals surface area contributed by atoms with Crippen molar-refractivity contribution in [2.45, 2.75) is 25.2 Å². The Kier molecular flexibility index (Phi) is 5.52. The molecular weight excluding hydrogens is 264 g/mol. The number of aryl methyl sites for hydroxylation is 1. The predicted molar refractivity (Wildman–Crippen MR) is 76.0 cm³/mol. The van der Waals surface area contributed by atoms with Crippen molar-refractivity contribution in [3.63, 3.8) is 0 Å². The summed E-state index contributed by atoms with van der Waals surface area (Å²) in [5.41, 5.74) is 1.18. The first-order valence-electron chi connectivity index (χ1n) is 6.29. The molecule has 108 valence electrons. The molecule has 0 saturated carbocycles. The zero-order chi connectivity index (χ0) is 14.5. The molecule has 0 aliphatic heterocycles. The quantitative estimate of drug-likeness (QED) is 0.785. The molecular formula is C14H22O4S. The van der Waals surface area contributed by atoms with Crippen LogP contribution >= 0.6 is 0 Å². The normalized spacial score (nSPS) is 12.6. The molecule has 0 fully saturated rings. The van der Waals surface area contributed by atoms with Gasteiger partial charge in [0.2, 0.25) is 0 Å². The predicted octanol–water partition coefficient (Wildman–Crippen LogP) is 1.04. The van der Waals surface area contributed by atoms with E-state index in [1.807, 2.05) is 31.2 Å². The van der Waals surface area contributed by atoms with Gasteiger partial charge < -0.3 is 10.2 Å². The number of hydrogen-bond acceptors (Lipinski definition) is 4. The summed E-state index contributed by atoms with van der Waals surface area (Å²) in [4.78, 5) is 0. The van der Waals surface area contributed by atoms with E-state index in [2.05, 4.69) is 0 Å². The van der Waals surface area contributed by atoms with Gasteiger partial charge in [0.05, 0.1) is 13.2 Å². The van der Waals surface area contributed by atoms with Crippen LogP contribution in [0.15, 0.2) is 24.3 Å². The summed E-state index contributed by atoms with van der Waals surface area (Å²) in [5, 5.41) is 19.2. The fraction of sp³-hybridized carbons (Fsp3) is 0.571. The van der Waals surface area contributed by atoms with E-state index in [4.69, 9.17) is 0 Å². The lowest BCUT2D eigenvalue weighted by molar-refractivity contribution is 0.109. The molecule has 0 aromatic heterocycles. The molecule has 1 rings (SSSR count). The highest BCUT2D eigenvalue weighted by molar-refractivity contribution is 7.90. The van der Waals surface area contributed by atoms with Crippen molar-refractivity contribution in [1.29, 1.82) is 0 Å². The number of aliphatic hydroxyl groups is 2. The smallest absolute Gasteiger partial charge is 0.147 e. The van der Waals surface area contributed by atoms with Crippen molar-refractivity contribution in [2.75, 3.05) is 25.2 Å². The van der Waals surface area contributed by atoms with E-state index in [0.717, 1.165) is 11.1 Å². The van der Waals surface area contributed by atoms with Gasteiger partial charge in [-0.1, -0.05) is 29.8 Å². The van der Waals surface area contributed by atoms with Crippen LogP contribution < -0.4 is 0 Å². The van der Waals surface area contributed by atoms with Crippen molar-refractivity contribution < 1.29 is 18.6 Å². The summed E-state index contributed by atoms with van der Waals surface area (Å²) in [5.74, 6) is 0.0701. The minimum Gasteiger partial charge on any atom is -0.395 e. The van der Waals surface area contributed by atoms with Gasteiger partial charge in [0.1, 0.15) is 9.84 Å². The maximum atomic E-state index is 11.1. The highest BCUT2D eigenvalue weighted by Gasteiger charge is 2.30. The van der Waals surface area contributed by atoms with E-state index in [1.54, 1.807) is 0 Å². The summed E-state index contributed by atoms with van der Waals surface area (Å²) in [7, 11) is -3.02. The van der Waals surface area contributed by atoms with Crippen LogP contribution in [-0.4, -0.2) is 43.9 Å². The molecule has 0 aliphatic carbocycles. The second-order valence-corrected chi connectivity index (χ2v) is 7.46. The molecule has 19 heavy (non-hydrogen) atoms. The van der Waals surface area contributed by atoms with Gasteiger partial charge in [-0.2, -0.15) is 0 Å². The third-order valence-corrected chi connectivity index (χ3v) is 4.47. The monoisotopic (exact) mass is 286 g/mol. The minimum absolute atomic E-state index is 0.0701. The number of aliphatic hydroxyl groups excluding tert-OH is 2. The molecule has 0 amide bonds. The first kappa shape index (κ1) is 16.1. The molecule has 0 saturated heterocycles. The zero-order valence-corrected chi connectivity index (χ0v) is 12.3. The van der Waals surface area contributed by atoms with Crippen molar-refractivity contribution in [3.05, 3.63) is 35.4 Å². The highest BCUT2D eigenvalue weighted by atomic mass is 32.2. The fourth-order valence-corrected chi connectivity index (χ4v) is 2.78. The minimum atomic E-state index is -3.02. The van der Waals surface area contributed by atoms with E-state index in [1.165, 1.54) is 6.26 Å². The van der Waals surface area contributed by atoms with E-state index < -0.39 is 15.3 Å². The third kappa shape index (κ3) is 4.60. The topological polar surface area (TPSA) is 74.6 Å². The molecule has 0 radical (unpaired) electrons. The van der Waals surface area contributed by atoms with E-state index in [-0.39, 0.29) is 19.0 Å². The van der Waals surface area contributed by atoms with Crippen molar-refractivity contribution in [3.8, 4) is 0 Å². The van der Waals surface area contributed by atoms with Crippen LogP contribution in [0.5, 0.6) is 0 Å². The van der Waals surface area contributed by atoms with Gasteiger partial charge in [0.25, 0.3) is 0 Å². The average Bonchev–Trinajstić information content (AvgIpc) is 2.35. The van der Waals surface area contributed by atoms with Gasteiger partial charge in [-0.3, -0.25) is 0 Å². The van der Waals surface area contributed by atoms with Crippen molar-refractivity contribution in [1.82, 2.24) is 0 Å². The molecule has 0 atom stereocenters. The SMILES string of the molecule is Cc1ccc(C(CO)(CO)CCCS(C)(=O)=O)cc1. The molecule has 1 aromatic rings. The molecule has 2 N–H and O–H groups in total. The van der Waals surface area contributed by atoms with Crippen LogP contribution in [-0.2, 0) is 15.3 Å². The average molecular weight is 286 g/mol. The maximum absolute atomic E-state index is 11.1. The first-order chi connectivity index (χ1) is 8.83. The van der Waals surface area contributed by atoms with Crippen LogP contribution in [0, 0.1) is 6.92 Å². The van der Waals surface area contributed by atoms with Gasteiger partial charge in [0, 0.05) is 17.4 Å². The number of hydrogen-bond donors (Lipinski definition) is 2. The summed E-state index contributed by atoms with van der Waals surface area (Å²) in [6.07, 6.45) is 2.06. The Balaban J connectivity index is 2.87. The fourth-order valence-electron chi connectivity index (χ4n) is 2.11. The molecule has 1 aromatic carbocycles. The lowest BCUT2D eigenvalue weighted by Crippen LogP contribution is -2.35. The number of benzene rings is 1. The Morgan fingerprint density at radius 3 is 2.05 bits per heavy atom. The van der Waals surface area contributed by atoms with Gasteiger partial charge in [-0.15, -0.1) is 0 Å². The second kappa shape index (κ2) is 6.50. The number of sulfone groups is 1. The highest BCUT2D eigenvalue weighted by Crippen LogP contribution is 2.29. The van der Waals surface area contributed by atoms with Gasteiger partial charge >= 0.3 is 0 Å². The molecule has 4 nitrogen and oxygen atoms in total.